The molecule has 2 aromatic rings. The van der Waals surface area contributed by atoms with Crippen molar-refractivity contribution in [3.05, 3.63) is 57.3 Å². The molecule has 18 heavy (non-hydrogen) atoms. The maximum Gasteiger partial charge on any atom is 0.127 e. The highest BCUT2D eigenvalue weighted by atomic mass is 79.9. The van der Waals surface area contributed by atoms with Crippen molar-refractivity contribution < 1.29 is 9.50 Å². The highest BCUT2D eigenvalue weighted by molar-refractivity contribution is 9.10. The molecule has 0 bridgehead atoms. The lowest BCUT2D eigenvalue weighted by Crippen LogP contribution is -1.99. The van der Waals surface area contributed by atoms with E-state index in [4.69, 9.17) is 11.6 Å². The van der Waals surface area contributed by atoms with Crippen LogP contribution in [0.2, 0.25) is 5.02 Å². The van der Waals surface area contributed by atoms with Crippen LogP contribution in [0.5, 0.6) is 5.75 Å². The Hall–Kier alpha value is -1.26. The van der Waals surface area contributed by atoms with E-state index in [1.54, 1.807) is 6.07 Å². The molecule has 0 aliphatic carbocycles. The Morgan fingerprint density at radius 1 is 1.22 bits per heavy atom. The van der Waals surface area contributed by atoms with Gasteiger partial charge >= 0.3 is 0 Å². The number of aromatic hydroxyl groups is 1. The number of rotatable bonds is 3. The largest absolute Gasteiger partial charge is 0.508 e. The van der Waals surface area contributed by atoms with Crippen LogP contribution in [0, 0.1) is 5.82 Å². The molecule has 0 aromatic heterocycles. The molecule has 0 aliphatic rings. The fourth-order valence-corrected chi connectivity index (χ4v) is 2.04. The molecule has 2 nitrogen and oxygen atoms in total. The molecule has 0 spiro atoms. The highest BCUT2D eigenvalue weighted by Gasteiger charge is 2.02. The molecule has 0 aliphatic heterocycles. The third kappa shape index (κ3) is 3.37. The van der Waals surface area contributed by atoms with E-state index in [1.807, 2.05) is 12.1 Å². The molecule has 0 atom stereocenters. The number of anilines is 1. The van der Waals surface area contributed by atoms with Crippen LogP contribution in [0.3, 0.4) is 0 Å². The minimum atomic E-state index is -0.455. The van der Waals surface area contributed by atoms with Crippen molar-refractivity contribution in [2.75, 3.05) is 5.32 Å². The summed E-state index contributed by atoms with van der Waals surface area (Å²) in [6, 6.07) is 9.38. The number of phenolic OH excluding ortho intramolecular Hbond substituents is 1. The van der Waals surface area contributed by atoms with Crippen LogP contribution < -0.4 is 5.32 Å². The van der Waals surface area contributed by atoms with E-state index in [0.29, 0.717) is 17.1 Å². The van der Waals surface area contributed by atoms with Crippen molar-refractivity contribution >= 4 is 33.2 Å². The van der Waals surface area contributed by atoms with Gasteiger partial charge in [0.15, 0.2) is 0 Å². The van der Waals surface area contributed by atoms with Crippen LogP contribution in [0.4, 0.5) is 10.1 Å². The van der Waals surface area contributed by atoms with Gasteiger partial charge < -0.3 is 10.4 Å². The van der Waals surface area contributed by atoms with Gasteiger partial charge in [-0.3, -0.25) is 0 Å². The first-order chi connectivity index (χ1) is 8.54. The molecule has 0 amide bonds. The number of halogens is 3. The fraction of sp³-hybridized carbons (Fsp3) is 0.0769. The molecular formula is C13H10BrClFNO. The van der Waals surface area contributed by atoms with Gasteiger partial charge in [0.05, 0.1) is 5.02 Å². The number of hydrogen-bond acceptors (Lipinski definition) is 2. The Morgan fingerprint density at radius 2 is 2.00 bits per heavy atom. The molecule has 5 heteroatoms. The Morgan fingerprint density at radius 3 is 2.67 bits per heavy atom. The lowest BCUT2D eigenvalue weighted by atomic mass is 10.2. The van der Waals surface area contributed by atoms with E-state index in [2.05, 4.69) is 21.2 Å². The predicted octanol–water partition coefficient (Wildman–Crippen LogP) is 4.56. The molecule has 2 aromatic carbocycles. The Kier molecular flexibility index (Phi) is 4.09. The second kappa shape index (κ2) is 5.59. The van der Waals surface area contributed by atoms with Crippen LogP contribution in [0.25, 0.3) is 0 Å². The molecule has 0 heterocycles. The molecule has 0 unspecified atom stereocenters. The van der Waals surface area contributed by atoms with E-state index in [0.717, 1.165) is 16.2 Å². The van der Waals surface area contributed by atoms with Gasteiger partial charge in [-0.15, -0.1) is 0 Å². The van der Waals surface area contributed by atoms with Crippen molar-refractivity contribution in [3.8, 4) is 5.75 Å². The quantitative estimate of drug-likeness (QED) is 0.864. The van der Waals surface area contributed by atoms with E-state index in [9.17, 15) is 9.50 Å². The third-order valence-corrected chi connectivity index (χ3v) is 3.57. The lowest BCUT2D eigenvalue weighted by molar-refractivity contribution is 0.468. The molecule has 0 radical (unpaired) electrons. The topological polar surface area (TPSA) is 32.3 Å². The standard InChI is InChI=1S/C13H10BrClFNO/c14-12-6-10(1-2-13(12)15)17-7-8-3-9(16)5-11(18)4-8/h1-6,17-18H,7H2. The van der Waals surface area contributed by atoms with Crippen LogP contribution >= 0.6 is 27.5 Å². The van der Waals surface area contributed by atoms with Crippen molar-refractivity contribution in [2.24, 2.45) is 0 Å². The molecule has 2 rings (SSSR count). The second-order valence-corrected chi connectivity index (χ2v) is 5.06. The zero-order valence-corrected chi connectivity index (χ0v) is 11.6. The summed E-state index contributed by atoms with van der Waals surface area (Å²) >= 11 is 9.21. The monoisotopic (exact) mass is 329 g/mol. The van der Waals surface area contributed by atoms with Gasteiger partial charge in [-0.1, -0.05) is 11.6 Å². The van der Waals surface area contributed by atoms with Gasteiger partial charge in [-0.2, -0.15) is 0 Å². The number of hydrogen-bond donors (Lipinski definition) is 2. The highest BCUT2D eigenvalue weighted by Crippen LogP contribution is 2.26. The summed E-state index contributed by atoms with van der Waals surface area (Å²) in [6.07, 6.45) is 0. The van der Waals surface area contributed by atoms with Crippen LogP contribution in [-0.2, 0) is 6.54 Å². The van der Waals surface area contributed by atoms with Crippen LogP contribution in [0.15, 0.2) is 40.9 Å². The van der Waals surface area contributed by atoms with Crippen LogP contribution in [-0.4, -0.2) is 5.11 Å². The average Bonchev–Trinajstić information content (AvgIpc) is 2.29. The summed E-state index contributed by atoms with van der Waals surface area (Å²) in [5, 5.41) is 13.0. The maximum absolute atomic E-state index is 13.1. The maximum atomic E-state index is 13.1. The summed E-state index contributed by atoms with van der Waals surface area (Å²) in [5.74, 6) is -0.534. The van der Waals surface area contributed by atoms with Crippen molar-refractivity contribution in [1.82, 2.24) is 0 Å². The van der Waals surface area contributed by atoms with Gasteiger partial charge in [0.25, 0.3) is 0 Å². The first-order valence-corrected chi connectivity index (χ1v) is 6.39. The zero-order valence-electron chi connectivity index (χ0n) is 9.25. The first kappa shape index (κ1) is 13.2. The first-order valence-electron chi connectivity index (χ1n) is 5.22. The van der Waals surface area contributed by atoms with Gasteiger partial charge in [0.2, 0.25) is 0 Å². The Bertz CT molecular complexity index is 557. The van der Waals surface area contributed by atoms with E-state index >= 15 is 0 Å². The fourth-order valence-electron chi connectivity index (χ4n) is 1.55. The number of nitrogens with one attached hydrogen (secondary N) is 1. The summed E-state index contributed by atoms with van der Waals surface area (Å²) in [5.41, 5.74) is 1.52. The van der Waals surface area contributed by atoms with Gasteiger partial charge in [-0.05, 0) is 51.8 Å². The summed E-state index contributed by atoms with van der Waals surface area (Å²) in [4.78, 5) is 0. The SMILES string of the molecule is Oc1cc(F)cc(CNc2ccc(Cl)c(Br)c2)c1. The van der Waals surface area contributed by atoms with E-state index in [-0.39, 0.29) is 5.75 Å². The molecule has 0 fully saturated rings. The molecule has 94 valence electrons. The second-order valence-electron chi connectivity index (χ2n) is 3.80. The molecule has 0 saturated heterocycles. The summed E-state index contributed by atoms with van der Waals surface area (Å²) in [6.45, 7) is 0.416. The zero-order chi connectivity index (χ0) is 13.1. The minimum Gasteiger partial charge on any atom is -0.508 e. The average molecular weight is 331 g/mol. The third-order valence-electron chi connectivity index (χ3n) is 2.36. The predicted molar refractivity (Wildman–Crippen MR) is 74.5 cm³/mol. The van der Waals surface area contributed by atoms with Gasteiger partial charge in [0.1, 0.15) is 11.6 Å². The van der Waals surface area contributed by atoms with Crippen molar-refractivity contribution in [1.29, 1.82) is 0 Å². The van der Waals surface area contributed by atoms with Crippen molar-refractivity contribution in [2.45, 2.75) is 6.54 Å². The lowest BCUT2D eigenvalue weighted by Gasteiger charge is -2.08. The van der Waals surface area contributed by atoms with Crippen LogP contribution in [0.1, 0.15) is 5.56 Å². The number of phenols is 1. The normalized spacial score (nSPS) is 10.4. The Labute approximate surface area is 118 Å². The van der Waals surface area contributed by atoms with Gasteiger partial charge in [0, 0.05) is 22.8 Å². The van der Waals surface area contributed by atoms with Gasteiger partial charge in [-0.25, -0.2) is 4.39 Å². The smallest absolute Gasteiger partial charge is 0.127 e. The minimum absolute atomic E-state index is 0.0795. The van der Waals surface area contributed by atoms with E-state index in [1.165, 1.54) is 12.1 Å². The Balaban J connectivity index is 2.08. The molecule has 0 saturated carbocycles. The summed E-state index contributed by atoms with van der Waals surface area (Å²) < 4.78 is 13.8. The van der Waals surface area contributed by atoms with Crippen molar-refractivity contribution in [3.63, 3.8) is 0 Å². The number of benzene rings is 2. The summed E-state index contributed by atoms with van der Waals surface area (Å²) in [7, 11) is 0. The molecular weight excluding hydrogens is 321 g/mol. The molecule has 2 N–H and O–H groups in total. The van der Waals surface area contributed by atoms with E-state index < -0.39 is 5.82 Å².